The minimum Gasteiger partial charge on any atom is -0.497 e. The van der Waals surface area contributed by atoms with Gasteiger partial charge in [-0.05, 0) is 43.5 Å². The van der Waals surface area contributed by atoms with Crippen LogP contribution in [0.5, 0.6) is 5.75 Å². The van der Waals surface area contributed by atoms with Crippen molar-refractivity contribution in [3.8, 4) is 5.75 Å². The van der Waals surface area contributed by atoms with Gasteiger partial charge in [0.25, 0.3) is 0 Å². The second-order valence-electron chi connectivity index (χ2n) is 5.98. The average molecular weight is 279 g/mol. The zero-order valence-corrected chi connectivity index (χ0v) is 13.2. The largest absolute Gasteiger partial charge is 0.497 e. The van der Waals surface area contributed by atoms with Crippen LogP contribution < -0.4 is 10.1 Å². The van der Waals surface area contributed by atoms with Crippen LogP contribution in [0.3, 0.4) is 0 Å². The molecule has 1 aliphatic rings. The fourth-order valence-corrected chi connectivity index (χ4v) is 4.75. The second-order valence-corrected chi connectivity index (χ2v) is 7.30. The molecule has 0 heterocycles. The molecule has 1 fully saturated rings. The van der Waals surface area contributed by atoms with E-state index in [0.717, 1.165) is 5.75 Å². The van der Waals surface area contributed by atoms with Crippen LogP contribution in [-0.2, 0) is 0 Å². The smallest absolute Gasteiger partial charge is 0.119 e. The Labute approximate surface area is 121 Å². The van der Waals surface area contributed by atoms with E-state index < -0.39 is 0 Å². The molecule has 3 heteroatoms. The zero-order valence-electron chi connectivity index (χ0n) is 12.4. The van der Waals surface area contributed by atoms with Crippen LogP contribution in [0.2, 0.25) is 0 Å². The number of hydrogen-bond donors (Lipinski definition) is 1. The lowest BCUT2D eigenvalue weighted by Gasteiger charge is -2.43. The van der Waals surface area contributed by atoms with Gasteiger partial charge >= 0.3 is 0 Å². The molecule has 106 valence electrons. The first-order valence-electron chi connectivity index (χ1n) is 7.05. The summed E-state index contributed by atoms with van der Waals surface area (Å²) >= 11 is 1.99. The number of thioether (sulfide) groups is 1. The highest BCUT2D eigenvalue weighted by molar-refractivity contribution is 8.00. The third-order valence-corrected chi connectivity index (χ3v) is 5.50. The van der Waals surface area contributed by atoms with E-state index in [2.05, 4.69) is 44.4 Å². The van der Waals surface area contributed by atoms with Crippen molar-refractivity contribution in [2.24, 2.45) is 5.41 Å². The van der Waals surface area contributed by atoms with E-state index in [9.17, 15) is 0 Å². The summed E-state index contributed by atoms with van der Waals surface area (Å²) in [5.41, 5.74) is 0.379. The Morgan fingerprint density at radius 3 is 2.84 bits per heavy atom. The maximum Gasteiger partial charge on any atom is 0.119 e. The molecule has 19 heavy (non-hydrogen) atoms. The predicted octanol–water partition coefficient (Wildman–Crippen LogP) is 3.95. The number of methoxy groups -OCH3 is 1. The van der Waals surface area contributed by atoms with Crippen LogP contribution in [-0.4, -0.2) is 25.4 Å². The van der Waals surface area contributed by atoms with Crippen molar-refractivity contribution in [3.63, 3.8) is 0 Å². The van der Waals surface area contributed by atoms with Gasteiger partial charge in [0.1, 0.15) is 5.75 Å². The molecule has 0 bridgehead atoms. The molecule has 0 aromatic heterocycles. The van der Waals surface area contributed by atoms with Gasteiger partial charge in [-0.3, -0.25) is 0 Å². The first-order valence-corrected chi connectivity index (χ1v) is 7.93. The standard InChI is InChI=1S/C16H25NOS/c1-16(2)10-6-9-14(15(16)17-3)19-13-8-5-7-12(11-13)18-4/h5,7-8,11,14-15,17H,6,9-10H2,1-4H3. The van der Waals surface area contributed by atoms with Gasteiger partial charge in [0.15, 0.2) is 0 Å². The molecular weight excluding hydrogens is 254 g/mol. The lowest BCUT2D eigenvalue weighted by molar-refractivity contribution is 0.182. The highest BCUT2D eigenvalue weighted by Crippen LogP contribution is 2.43. The lowest BCUT2D eigenvalue weighted by Crippen LogP contribution is -2.49. The van der Waals surface area contributed by atoms with Gasteiger partial charge in [0.05, 0.1) is 7.11 Å². The van der Waals surface area contributed by atoms with Crippen LogP contribution in [0.1, 0.15) is 33.1 Å². The summed E-state index contributed by atoms with van der Waals surface area (Å²) in [6.07, 6.45) is 3.93. The fourth-order valence-electron chi connectivity index (χ4n) is 3.14. The summed E-state index contributed by atoms with van der Waals surface area (Å²) < 4.78 is 5.31. The Bertz CT molecular complexity index is 419. The normalized spacial score (nSPS) is 26.1. The molecule has 2 rings (SSSR count). The lowest BCUT2D eigenvalue weighted by atomic mass is 9.73. The topological polar surface area (TPSA) is 21.3 Å². The van der Waals surface area contributed by atoms with Crippen molar-refractivity contribution in [1.82, 2.24) is 5.32 Å². The third kappa shape index (κ3) is 3.46. The molecule has 0 aliphatic heterocycles. The molecule has 0 spiro atoms. The molecule has 2 unspecified atom stereocenters. The molecule has 2 nitrogen and oxygen atoms in total. The summed E-state index contributed by atoms with van der Waals surface area (Å²) in [5, 5.41) is 4.18. The maximum atomic E-state index is 5.31. The van der Waals surface area contributed by atoms with Gasteiger partial charge < -0.3 is 10.1 Å². The molecule has 1 aromatic carbocycles. The maximum absolute atomic E-state index is 5.31. The van der Waals surface area contributed by atoms with Crippen molar-refractivity contribution in [3.05, 3.63) is 24.3 Å². The Kier molecular flexibility index (Phi) is 4.80. The SMILES string of the molecule is CNC1C(Sc2cccc(OC)c2)CCCC1(C)C. The molecule has 0 amide bonds. The summed E-state index contributed by atoms with van der Waals surface area (Å²) in [4.78, 5) is 1.31. The van der Waals surface area contributed by atoms with Crippen LogP contribution >= 0.6 is 11.8 Å². The van der Waals surface area contributed by atoms with Crippen LogP contribution in [0, 0.1) is 5.41 Å². The van der Waals surface area contributed by atoms with Gasteiger partial charge in [-0.15, -0.1) is 11.8 Å². The Morgan fingerprint density at radius 1 is 1.37 bits per heavy atom. The highest BCUT2D eigenvalue weighted by atomic mass is 32.2. The van der Waals surface area contributed by atoms with E-state index in [1.54, 1.807) is 7.11 Å². The summed E-state index contributed by atoms with van der Waals surface area (Å²) in [5.74, 6) is 0.945. The van der Waals surface area contributed by atoms with E-state index >= 15 is 0 Å². The summed E-state index contributed by atoms with van der Waals surface area (Å²) in [6.45, 7) is 4.76. The number of nitrogens with one attached hydrogen (secondary N) is 1. The first kappa shape index (κ1) is 14.7. The van der Waals surface area contributed by atoms with Crippen molar-refractivity contribution in [1.29, 1.82) is 0 Å². The van der Waals surface area contributed by atoms with E-state index in [-0.39, 0.29) is 0 Å². The van der Waals surface area contributed by atoms with E-state index in [4.69, 9.17) is 4.74 Å². The minimum atomic E-state index is 0.379. The second kappa shape index (κ2) is 6.19. The predicted molar refractivity (Wildman–Crippen MR) is 83.1 cm³/mol. The number of rotatable bonds is 4. The van der Waals surface area contributed by atoms with Crippen LogP contribution in [0.4, 0.5) is 0 Å². The van der Waals surface area contributed by atoms with Gasteiger partial charge in [0.2, 0.25) is 0 Å². The van der Waals surface area contributed by atoms with Crippen molar-refractivity contribution < 1.29 is 4.74 Å². The van der Waals surface area contributed by atoms with Crippen molar-refractivity contribution in [2.45, 2.75) is 49.3 Å². The highest BCUT2D eigenvalue weighted by Gasteiger charge is 2.38. The van der Waals surface area contributed by atoms with Crippen LogP contribution in [0.25, 0.3) is 0 Å². The molecular formula is C16H25NOS. The molecule has 0 radical (unpaired) electrons. The van der Waals surface area contributed by atoms with Gasteiger partial charge in [-0.2, -0.15) is 0 Å². The minimum absolute atomic E-state index is 0.379. The molecule has 1 aromatic rings. The number of ether oxygens (including phenoxy) is 1. The summed E-state index contributed by atoms with van der Waals surface area (Å²) in [7, 11) is 3.82. The van der Waals surface area contributed by atoms with Crippen molar-refractivity contribution in [2.75, 3.05) is 14.2 Å². The quantitative estimate of drug-likeness (QED) is 0.901. The van der Waals surface area contributed by atoms with Crippen LogP contribution in [0.15, 0.2) is 29.2 Å². The van der Waals surface area contributed by atoms with Crippen molar-refractivity contribution >= 4 is 11.8 Å². The Morgan fingerprint density at radius 2 is 2.16 bits per heavy atom. The summed E-state index contributed by atoms with van der Waals surface area (Å²) in [6, 6.07) is 8.96. The zero-order chi connectivity index (χ0) is 13.9. The average Bonchev–Trinajstić information content (AvgIpc) is 2.38. The molecule has 2 atom stereocenters. The van der Waals surface area contributed by atoms with Gasteiger partial charge in [-0.1, -0.05) is 26.3 Å². The van der Waals surface area contributed by atoms with Gasteiger partial charge in [0, 0.05) is 16.2 Å². The Balaban J connectivity index is 2.12. The number of benzene rings is 1. The van der Waals surface area contributed by atoms with E-state index in [1.165, 1.54) is 24.2 Å². The Hall–Kier alpha value is -0.670. The molecule has 0 saturated heterocycles. The van der Waals surface area contributed by atoms with E-state index in [1.807, 2.05) is 17.8 Å². The molecule has 1 saturated carbocycles. The van der Waals surface area contributed by atoms with E-state index in [0.29, 0.717) is 16.7 Å². The monoisotopic (exact) mass is 279 g/mol. The third-order valence-electron chi connectivity index (χ3n) is 4.16. The molecule has 1 aliphatic carbocycles. The fraction of sp³-hybridized carbons (Fsp3) is 0.625. The first-order chi connectivity index (χ1) is 9.06. The number of hydrogen-bond acceptors (Lipinski definition) is 3. The van der Waals surface area contributed by atoms with Gasteiger partial charge in [-0.25, -0.2) is 0 Å². The molecule has 1 N–H and O–H groups in total.